The minimum Gasteiger partial charge on any atom is -0.305 e. The molecule has 2 aromatic heterocycles. The van der Waals surface area contributed by atoms with Crippen LogP contribution in [0.25, 0.3) is 65.3 Å². The van der Waals surface area contributed by atoms with E-state index in [0.29, 0.717) is 16.2 Å². The topological polar surface area (TPSA) is 42.9 Å². The molecule has 9 aromatic rings. The first-order valence-electron chi connectivity index (χ1n) is 16.1. The van der Waals surface area contributed by atoms with E-state index >= 15 is 4.57 Å². The molecule has 0 N–H and O–H groups in total. The molecule has 4 heteroatoms. The first kappa shape index (κ1) is 28.3. The molecule has 0 atom stereocenters. The van der Waals surface area contributed by atoms with Crippen LogP contribution >= 0.6 is 7.14 Å². The molecular weight excluding hydrogens is 603 g/mol. The molecule has 0 amide bonds. The summed E-state index contributed by atoms with van der Waals surface area (Å²) in [6.45, 7) is 0. The molecule has 0 saturated carbocycles. The lowest BCUT2D eigenvalue weighted by molar-refractivity contribution is 0.591. The molecule has 3 nitrogen and oxygen atoms in total. The zero-order chi connectivity index (χ0) is 32.1. The smallest absolute Gasteiger partial charge is 0.205 e. The van der Waals surface area contributed by atoms with E-state index in [9.17, 15) is 0 Å². The zero-order valence-corrected chi connectivity index (χ0v) is 26.9. The SMILES string of the molecule is O=P(c1ccccc1)(c1ccc(-c2cc3ccccc3c3ccccc23)cn1)c1ccc(-c2cc3ccccc3c3ccccc23)cn1. The number of fused-ring (bicyclic) bond motifs is 6. The highest BCUT2D eigenvalue weighted by molar-refractivity contribution is 7.84. The summed E-state index contributed by atoms with van der Waals surface area (Å²) >= 11 is 0. The summed E-state index contributed by atoms with van der Waals surface area (Å²) in [5.74, 6) is 0. The fourth-order valence-corrected chi connectivity index (χ4v) is 9.43. The van der Waals surface area contributed by atoms with Gasteiger partial charge in [0.25, 0.3) is 0 Å². The van der Waals surface area contributed by atoms with E-state index in [1.165, 1.54) is 32.3 Å². The Morgan fingerprint density at radius 1 is 0.375 bits per heavy atom. The van der Waals surface area contributed by atoms with Crippen LogP contribution in [0.4, 0.5) is 0 Å². The molecule has 0 bridgehead atoms. The van der Waals surface area contributed by atoms with Crippen molar-refractivity contribution in [1.82, 2.24) is 9.97 Å². The molecule has 0 aliphatic carbocycles. The third kappa shape index (κ3) is 4.55. The van der Waals surface area contributed by atoms with Crippen molar-refractivity contribution in [2.75, 3.05) is 0 Å². The minimum absolute atomic E-state index is 0.513. The highest BCUT2D eigenvalue weighted by Gasteiger charge is 2.33. The van der Waals surface area contributed by atoms with Crippen LogP contribution in [0.1, 0.15) is 0 Å². The Labute approximate surface area is 278 Å². The quantitative estimate of drug-likeness (QED) is 0.140. The van der Waals surface area contributed by atoms with Gasteiger partial charge < -0.3 is 4.57 Å². The first-order valence-corrected chi connectivity index (χ1v) is 17.8. The van der Waals surface area contributed by atoms with Gasteiger partial charge in [-0.15, -0.1) is 0 Å². The van der Waals surface area contributed by atoms with E-state index in [1.807, 2.05) is 67.0 Å². The normalized spacial score (nSPS) is 11.8. The lowest BCUT2D eigenvalue weighted by Crippen LogP contribution is -2.28. The molecule has 2 heterocycles. The summed E-state index contributed by atoms with van der Waals surface area (Å²) in [6, 6.07) is 55.9. The van der Waals surface area contributed by atoms with Gasteiger partial charge in [0.05, 0.1) is 0 Å². The predicted molar refractivity (Wildman–Crippen MR) is 202 cm³/mol. The Balaban J connectivity index is 1.16. The van der Waals surface area contributed by atoms with Gasteiger partial charge in [-0.3, -0.25) is 9.97 Å². The van der Waals surface area contributed by atoms with E-state index in [1.54, 1.807) is 0 Å². The van der Waals surface area contributed by atoms with Gasteiger partial charge in [-0.1, -0.05) is 140 Å². The second kappa shape index (κ2) is 11.4. The Kier molecular flexibility index (Phi) is 6.74. The van der Waals surface area contributed by atoms with Crippen molar-refractivity contribution in [3.63, 3.8) is 0 Å². The molecule has 226 valence electrons. The average molecular weight is 633 g/mol. The summed E-state index contributed by atoms with van der Waals surface area (Å²) in [6.07, 6.45) is 3.72. The largest absolute Gasteiger partial charge is 0.305 e. The summed E-state index contributed by atoms with van der Waals surface area (Å²) in [4.78, 5) is 9.84. The van der Waals surface area contributed by atoms with Crippen molar-refractivity contribution < 1.29 is 4.57 Å². The van der Waals surface area contributed by atoms with E-state index in [2.05, 4.69) is 109 Å². The number of benzene rings is 7. The van der Waals surface area contributed by atoms with Crippen molar-refractivity contribution in [3.8, 4) is 22.3 Å². The van der Waals surface area contributed by atoms with Crippen molar-refractivity contribution in [1.29, 1.82) is 0 Å². The molecule has 9 rings (SSSR count). The summed E-state index contributed by atoms with van der Waals surface area (Å²) < 4.78 is 15.4. The summed E-state index contributed by atoms with van der Waals surface area (Å²) in [5, 5.41) is 10.2. The van der Waals surface area contributed by atoms with Crippen molar-refractivity contribution in [2.45, 2.75) is 0 Å². The van der Waals surface area contributed by atoms with Crippen LogP contribution in [0.3, 0.4) is 0 Å². The molecule has 0 saturated heterocycles. The van der Waals surface area contributed by atoms with Crippen molar-refractivity contribution >= 4 is 66.4 Å². The Hall–Kier alpha value is -5.89. The number of hydrogen-bond acceptors (Lipinski definition) is 3. The maximum Gasteiger partial charge on any atom is 0.205 e. The van der Waals surface area contributed by atoms with Crippen LogP contribution in [0, 0.1) is 0 Å². The van der Waals surface area contributed by atoms with Gasteiger partial charge in [0, 0.05) is 28.8 Å². The van der Waals surface area contributed by atoms with Crippen LogP contribution in [-0.4, -0.2) is 9.97 Å². The van der Waals surface area contributed by atoms with Crippen LogP contribution in [-0.2, 0) is 4.57 Å². The van der Waals surface area contributed by atoms with Gasteiger partial charge in [-0.2, -0.15) is 0 Å². The molecular formula is C44H29N2OP. The zero-order valence-electron chi connectivity index (χ0n) is 26.0. The molecule has 0 aliphatic rings. The van der Waals surface area contributed by atoms with Gasteiger partial charge in [0.15, 0.2) is 0 Å². The molecule has 0 radical (unpaired) electrons. The lowest BCUT2D eigenvalue weighted by atomic mass is 9.94. The molecule has 0 aliphatic heterocycles. The monoisotopic (exact) mass is 632 g/mol. The number of rotatable bonds is 5. The van der Waals surface area contributed by atoms with Crippen molar-refractivity contribution in [2.24, 2.45) is 0 Å². The summed E-state index contributed by atoms with van der Waals surface area (Å²) in [7, 11) is -3.40. The lowest BCUT2D eigenvalue weighted by Gasteiger charge is -2.19. The minimum atomic E-state index is -3.40. The van der Waals surface area contributed by atoms with Gasteiger partial charge >= 0.3 is 0 Å². The van der Waals surface area contributed by atoms with Crippen LogP contribution in [0.5, 0.6) is 0 Å². The molecule has 0 spiro atoms. The van der Waals surface area contributed by atoms with Crippen LogP contribution in [0.2, 0.25) is 0 Å². The van der Waals surface area contributed by atoms with Gasteiger partial charge in [-0.25, -0.2) is 0 Å². The Morgan fingerprint density at radius 3 is 1.21 bits per heavy atom. The van der Waals surface area contributed by atoms with Crippen LogP contribution < -0.4 is 16.2 Å². The predicted octanol–water partition coefficient (Wildman–Crippen LogP) is 10.1. The summed E-state index contributed by atoms with van der Waals surface area (Å²) in [5.41, 5.74) is 5.18. The van der Waals surface area contributed by atoms with E-state index < -0.39 is 7.14 Å². The van der Waals surface area contributed by atoms with Crippen LogP contribution in [0.15, 0.2) is 176 Å². The second-order valence-corrected chi connectivity index (χ2v) is 14.8. The molecule has 7 aromatic carbocycles. The average Bonchev–Trinajstić information content (AvgIpc) is 3.17. The maximum absolute atomic E-state index is 15.4. The second-order valence-electron chi connectivity index (χ2n) is 12.1. The van der Waals surface area contributed by atoms with E-state index in [-0.39, 0.29) is 0 Å². The highest BCUT2D eigenvalue weighted by Crippen LogP contribution is 2.43. The van der Waals surface area contributed by atoms with Gasteiger partial charge in [0.1, 0.15) is 10.9 Å². The first-order chi connectivity index (χ1) is 23.7. The highest BCUT2D eigenvalue weighted by atomic mass is 31.2. The number of pyridine rings is 2. The van der Waals surface area contributed by atoms with E-state index in [4.69, 9.17) is 9.97 Å². The molecule has 0 fully saturated rings. The third-order valence-electron chi connectivity index (χ3n) is 9.42. The molecule has 0 unspecified atom stereocenters. The maximum atomic E-state index is 15.4. The standard InChI is InChI=1S/C44H29N2OP/c47-48(34-14-2-1-3-15-34,43-24-22-32(28-45-43)41-26-30-12-4-6-16-35(30)37-18-8-10-20-39(37)41)44-25-23-33(29-46-44)42-27-31-13-5-7-17-36(31)38-19-9-11-21-40(38)42/h1-29H. The van der Waals surface area contributed by atoms with Gasteiger partial charge in [0.2, 0.25) is 7.14 Å². The number of aromatic nitrogens is 2. The fraction of sp³-hybridized carbons (Fsp3) is 0. The number of hydrogen-bond donors (Lipinski definition) is 0. The van der Waals surface area contributed by atoms with Gasteiger partial charge in [-0.05, 0) is 78.5 Å². The fourth-order valence-electron chi connectivity index (χ4n) is 7.07. The molecule has 48 heavy (non-hydrogen) atoms. The van der Waals surface area contributed by atoms with E-state index in [0.717, 1.165) is 33.0 Å². The third-order valence-corrected chi connectivity index (χ3v) is 12.3. The number of nitrogens with zero attached hydrogens (tertiary/aromatic N) is 2. The Bertz CT molecular complexity index is 2520. The van der Waals surface area contributed by atoms with Crippen molar-refractivity contribution in [3.05, 3.63) is 176 Å². The Morgan fingerprint density at radius 2 is 0.771 bits per heavy atom.